The molecule has 10 heteroatoms. The summed E-state index contributed by atoms with van der Waals surface area (Å²) in [5, 5.41) is -0.572. The second kappa shape index (κ2) is 6.64. The van der Waals surface area contributed by atoms with E-state index in [1.54, 1.807) is 0 Å². The molecule has 0 atom stereocenters. The summed E-state index contributed by atoms with van der Waals surface area (Å²) >= 11 is 0. The highest BCUT2D eigenvalue weighted by molar-refractivity contribution is 7.91. The van der Waals surface area contributed by atoms with Gasteiger partial charge in [0.1, 0.15) is 9.84 Å². The van der Waals surface area contributed by atoms with Crippen LogP contribution in [0.15, 0.2) is 24.3 Å². The van der Waals surface area contributed by atoms with Gasteiger partial charge in [-0.3, -0.25) is 0 Å². The maximum absolute atomic E-state index is 12.7. The second-order valence-corrected chi connectivity index (χ2v) is 10.2. The Kier molecular flexibility index (Phi) is 5.31. The summed E-state index contributed by atoms with van der Waals surface area (Å²) in [6, 6.07) is 4.20. The molecule has 0 aliphatic carbocycles. The number of hydrogen-bond acceptors (Lipinski definition) is 4. The summed E-state index contributed by atoms with van der Waals surface area (Å²) in [4.78, 5) is 0. The van der Waals surface area contributed by atoms with Crippen LogP contribution in [0.2, 0.25) is 0 Å². The van der Waals surface area contributed by atoms with E-state index in [4.69, 9.17) is 0 Å². The predicted octanol–water partition coefficient (Wildman–Crippen LogP) is 2.04. The van der Waals surface area contributed by atoms with Crippen molar-refractivity contribution in [3.8, 4) is 0 Å². The Bertz CT molecular complexity index is 796. The van der Waals surface area contributed by atoms with Crippen molar-refractivity contribution in [2.75, 3.05) is 19.3 Å². The summed E-state index contributed by atoms with van der Waals surface area (Å²) in [7, 11) is -7.02. The molecule has 1 aromatic rings. The zero-order valence-corrected chi connectivity index (χ0v) is 14.6. The van der Waals surface area contributed by atoms with E-state index in [9.17, 15) is 30.0 Å². The molecule has 0 N–H and O–H groups in total. The Balaban J connectivity index is 2.10. The Morgan fingerprint density at radius 3 is 2.21 bits per heavy atom. The maximum Gasteiger partial charge on any atom is 0.416 e. The standard InChI is InChI=1S/C14H18F3NO4S2/c1-23(19,20)13-5-7-18(8-6-13)24(21,22)10-11-3-2-4-12(9-11)14(15,16)17/h2-4,9,13H,5-8,10H2,1H3. The molecule has 0 radical (unpaired) electrons. The summed E-state index contributed by atoms with van der Waals surface area (Å²) in [6.07, 6.45) is -3.03. The molecule has 0 bridgehead atoms. The molecule has 5 nitrogen and oxygen atoms in total. The molecule has 1 heterocycles. The van der Waals surface area contributed by atoms with Gasteiger partial charge in [0.15, 0.2) is 0 Å². The average Bonchev–Trinajstić information content (AvgIpc) is 2.45. The topological polar surface area (TPSA) is 71.5 Å². The molecule has 0 amide bonds. The molecule has 136 valence electrons. The number of sulfone groups is 1. The molecule has 1 fully saturated rings. The van der Waals surface area contributed by atoms with Crippen molar-refractivity contribution in [2.24, 2.45) is 0 Å². The van der Waals surface area contributed by atoms with E-state index < -0.39 is 42.6 Å². The first-order valence-electron chi connectivity index (χ1n) is 7.22. The van der Waals surface area contributed by atoms with Crippen LogP contribution in [0.5, 0.6) is 0 Å². The minimum Gasteiger partial charge on any atom is -0.229 e. The number of alkyl halides is 3. The normalized spacial score (nSPS) is 18.7. The lowest BCUT2D eigenvalue weighted by atomic mass is 10.1. The summed E-state index contributed by atoms with van der Waals surface area (Å²) < 4.78 is 86.9. The van der Waals surface area contributed by atoms with Crippen LogP contribution in [-0.2, 0) is 31.8 Å². The number of nitrogens with zero attached hydrogens (tertiary/aromatic N) is 1. The molecule has 0 saturated carbocycles. The van der Waals surface area contributed by atoms with E-state index in [0.29, 0.717) is 0 Å². The number of rotatable bonds is 4. The van der Waals surface area contributed by atoms with Gasteiger partial charge in [0.05, 0.1) is 16.6 Å². The van der Waals surface area contributed by atoms with Gasteiger partial charge >= 0.3 is 6.18 Å². The number of sulfonamides is 1. The minimum atomic E-state index is -4.53. The van der Waals surface area contributed by atoms with Crippen molar-refractivity contribution < 1.29 is 30.0 Å². The van der Waals surface area contributed by atoms with Crippen LogP contribution in [0.3, 0.4) is 0 Å². The highest BCUT2D eigenvalue weighted by Gasteiger charge is 2.33. The molecular formula is C14H18F3NO4S2. The Morgan fingerprint density at radius 1 is 1.12 bits per heavy atom. The third kappa shape index (κ3) is 4.70. The summed E-state index contributed by atoms with van der Waals surface area (Å²) in [6.45, 7) is 0.109. The fraction of sp³-hybridized carbons (Fsp3) is 0.571. The van der Waals surface area contributed by atoms with Crippen LogP contribution < -0.4 is 0 Å². The van der Waals surface area contributed by atoms with Crippen LogP contribution in [-0.4, -0.2) is 45.7 Å². The molecule has 0 unspecified atom stereocenters. The Labute approximate surface area is 139 Å². The zero-order valence-electron chi connectivity index (χ0n) is 13.0. The monoisotopic (exact) mass is 385 g/mol. The zero-order chi connectivity index (χ0) is 18.2. The van der Waals surface area contributed by atoms with E-state index in [1.165, 1.54) is 12.1 Å². The van der Waals surface area contributed by atoms with Gasteiger partial charge in [-0.15, -0.1) is 0 Å². The van der Waals surface area contributed by atoms with Gasteiger partial charge in [0.25, 0.3) is 0 Å². The van der Waals surface area contributed by atoms with Crippen molar-refractivity contribution in [3.63, 3.8) is 0 Å². The Morgan fingerprint density at radius 2 is 1.71 bits per heavy atom. The molecule has 1 aliphatic heterocycles. The van der Waals surface area contributed by atoms with Crippen LogP contribution >= 0.6 is 0 Å². The minimum absolute atomic E-state index is 0.0510. The lowest BCUT2D eigenvalue weighted by molar-refractivity contribution is -0.137. The van der Waals surface area contributed by atoms with Crippen molar-refractivity contribution in [1.29, 1.82) is 0 Å². The van der Waals surface area contributed by atoms with Gasteiger partial charge in [-0.05, 0) is 24.5 Å². The van der Waals surface area contributed by atoms with Crippen LogP contribution in [0.25, 0.3) is 0 Å². The summed E-state index contributed by atoms with van der Waals surface area (Å²) in [5.41, 5.74) is -0.846. The number of hydrogen-bond donors (Lipinski definition) is 0. The highest BCUT2D eigenvalue weighted by Crippen LogP contribution is 2.30. The van der Waals surface area contributed by atoms with Crippen molar-refractivity contribution in [1.82, 2.24) is 4.31 Å². The third-order valence-electron chi connectivity index (χ3n) is 4.00. The van der Waals surface area contributed by atoms with Crippen molar-refractivity contribution in [3.05, 3.63) is 35.4 Å². The van der Waals surface area contributed by atoms with Crippen LogP contribution in [0, 0.1) is 0 Å². The van der Waals surface area contributed by atoms with E-state index in [0.717, 1.165) is 22.7 Å². The Hall–Kier alpha value is -1.13. The molecular weight excluding hydrogens is 367 g/mol. The smallest absolute Gasteiger partial charge is 0.229 e. The third-order valence-corrected chi connectivity index (χ3v) is 7.54. The SMILES string of the molecule is CS(=O)(=O)C1CCN(S(=O)(=O)Cc2cccc(C(F)(F)F)c2)CC1. The van der Waals surface area contributed by atoms with Crippen molar-refractivity contribution >= 4 is 19.9 Å². The van der Waals surface area contributed by atoms with E-state index in [-0.39, 0.29) is 31.5 Å². The lowest BCUT2D eigenvalue weighted by Gasteiger charge is -2.30. The number of halogens is 3. The van der Waals surface area contributed by atoms with Gasteiger partial charge in [-0.25, -0.2) is 21.1 Å². The fourth-order valence-electron chi connectivity index (χ4n) is 2.68. The molecule has 0 aromatic heterocycles. The quantitative estimate of drug-likeness (QED) is 0.795. The van der Waals surface area contributed by atoms with Gasteiger partial charge in [0.2, 0.25) is 10.0 Å². The van der Waals surface area contributed by atoms with Gasteiger partial charge < -0.3 is 0 Å². The van der Waals surface area contributed by atoms with Gasteiger partial charge in [-0.2, -0.15) is 13.2 Å². The van der Waals surface area contributed by atoms with Gasteiger partial charge in [-0.1, -0.05) is 18.2 Å². The highest BCUT2D eigenvalue weighted by atomic mass is 32.2. The van der Waals surface area contributed by atoms with E-state index in [2.05, 4.69) is 0 Å². The first-order valence-corrected chi connectivity index (χ1v) is 10.8. The largest absolute Gasteiger partial charge is 0.416 e. The van der Waals surface area contributed by atoms with Crippen LogP contribution in [0.1, 0.15) is 24.0 Å². The molecule has 1 saturated heterocycles. The van der Waals surface area contributed by atoms with Crippen molar-refractivity contribution in [2.45, 2.75) is 30.0 Å². The predicted molar refractivity (Wildman–Crippen MR) is 83.5 cm³/mol. The first-order chi connectivity index (χ1) is 10.9. The molecule has 2 rings (SSSR count). The average molecular weight is 385 g/mol. The number of piperidine rings is 1. The fourth-order valence-corrected chi connectivity index (χ4v) is 5.30. The number of benzene rings is 1. The van der Waals surface area contributed by atoms with E-state index in [1.807, 2.05) is 0 Å². The lowest BCUT2D eigenvalue weighted by Crippen LogP contribution is -2.42. The second-order valence-electron chi connectivity index (χ2n) is 5.88. The molecule has 24 heavy (non-hydrogen) atoms. The molecule has 1 aliphatic rings. The molecule has 1 aromatic carbocycles. The van der Waals surface area contributed by atoms with Crippen LogP contribution in [0.4, 0.5) is 13.2 Å². The van der Waals surface area contributed by atoms with E-state index >= 15 is 0 Å². The summed E-state index contributed by atoms with van der Waals surface area (Å²) in [5.74, 6) is -0.541. The van der Waals surface area contributed by atoms with Gasteiger partial charge in [0, 0.05) is 19.3 Å². The molecule has 0 spiro atoms. The first kappa shape index (κ1) is 19.2. The maximum atomic E-state index is 12.7.